The van der Waals surface area contributed by atoms with E-state index in [1.165, 1.54) is 4.90 Å². The number of carbonyl (C=O) groups is 4. The first-order valence-electron chi connectivity index (χ1n) is 10.5. The molecule has 1 fully saturated rings. The molecule has 1 saturated heterocycles. The summed E-state index contributed by atoms with van der Waals surface area (Å²) < 4.78 is 12.1. The van der Waals surface area contributed by atoms with Crippen LogP contribution < -0.4 is 0 Å². The van der Waals surface area contributed by atoms with Gasteiger partial charge in [0, 0.05) is 35.9 Å². The molecule has 3 heterocycles. The summed E-state index contributed by atoms with van der Waals surface area (Å²) in [6, 6.07) is 9.91. The molecule has 0 bridgehead atoms. The zero-order chi connectivity index (χ0) is 23.7. The maximum absolute atomic E-state index is 12.7. The normalized spacial score (nSPS) is 13.6. The fourth-order valence-corrected chi connectivity index (χ4v) is 3.88. The van der Waals surface area contributed by atoms with Gasteiger partial charge in [-0.2, -0.15) is 0 Å². The Hall–Kier alpha value is -4.01. The van der Waals surface area contributed by atoms with Gasteiger partial charge in [0.05, 0.1) is 12.1 Å². The standard InChI is InChI=1S/C24H23N3O6/c1-14-10-19(16(3)27(14)21-11-15(2)33-25-21)20(28)13-32-24(31)18-6-4-17(5-7-18)12-26-22(29)8-9-23(26)30/h4-7,10-11H,8-9,12-13H2,1-3H3. The number of carbonyl (C=O) groups excluding carboxylic acids is 4. The van der Waals surface area contributed by atoms with Crippen LogP contribution in [0.15, 0.2) is 40.9 Å². The second-order valence-corrected chi connectivity index (χ2v) is 7.99. The van der Waals surface area contributed by atoms with Crippen LogP contribution in [0.1, 0.15) is 56.3 Å². The fourth-order valence-electron chi connectivity index (χ4n) is 3.88. The number of hydrogen-bond donors (Lipinski definition) is 0. The third-order valence-corrected chi connectivity index (χ3v) is 5.60. The number of nitrogens with zero attached hydrogens (tertiary/aromatic N) is 3. The highest BCUT2D eigenvalue weighted by Gasteiger charge is 2.28. The summed E-state index contributed by atoms with van der Waals surface area (Å²) >= 11 is 0. The molecule has 1 aromatic carbocycles. The molecule has 0 radical (unpaired) electrons. The molecule has 0 spiro atoms. The molecule has 0 N–H and O–H groups in total. The molecular weight excluding hydrogens is 426 g/mol. The molecule has 2 amide bonds. The van der Waals surface area contributed by atoms with Gasteiger partial charge in [-0.1, -0.05) is 17.3 Å². The summed E-state index contributed by atoms with van der Waals surface area (Å²) in [6.45, 7) is 5.20. The van der Waals surface area contributed by atoms with Crippen molar-refractivity contribution in [3.63, 3.8) is 0 Å². The van der Waals surface area contributed by atoms with Crippen molar-refractivity contribution in [1.82, 2.24) is 14.6 Å². The van der Waals surface area contributed by atoms with Crippen molar-refractivity contribution in [1.29, 1.82) is 0 Å². The Labute approximate surface area is 189 Å². The molecule has 9 heteroatoms. The highest BCUT2D eigenvalue weighted by molar-refractivity contribution is 6.02. The lowest BCUT2D eigenvalue weighted by Crippen LogP contribution is -2.28. The van der Waals surface area contributed by atoms with E-state index in [1.54, 1.807) is 54.8 Å². The van der Waals surface area contributed by atoms with Crippen molar-refractivity contribution in [3.05, 3.63) is 70.2 Å². The van der Waals surface area contributed by atoms with E-state index >= 15 is 0 Å². The lowest BCUT2D eigenvalue weighted by atomic mass is 10.1. The van der Waals surface area contributed by atoms with Crippen molar-refractivity contribution < 1.29 is 28.4 Å². The fraction of sp³-hybridized carbons (Fsp3) is 0.292. The molecule has 0 atom stereocenters. The lowest BCUT2D eigenvalue weighted by Gasteiger charge is -2.13. The van der Waals surface area contributed by atoms with Gasteiger partial charge in [-0.25, -0.2) is 4.79 Å². The van der Waals surface area contributed by atoms with Crippen LogP contribution in [0, 0.1) is 20.8 Å². The number of aryl methyl sites for hydroxylation is 2. The first kappa shape index (κ1) is 22.2. The van der Waals surface area contributed by atoms with Crippen molar-refractivity contribution in [3.8, 4) is 5.82 Å². The van der Waals surface area contributed by atoms with Gasteiger partial charge in [-0.15, -0.1) is 0 Å². The van der Waals surface area contributed by atoms with Crippen LogP contribution >= 0.6 is 0 Å². The van der Waals surface area contributed by atoms with E-state index in [0.717, 1.165) is 11.3 Å². The Morgan fingerprint density at radius 1 is 1.03 bits per heavy atom. The Morgan fingerprint density at radius 2 is 1.70 bits per heavy atom. The Morgan fingerprint density at radius 3 is 2.30 bits per heavy atom. The number of esters is 1. The van der Waals surface area contributed by atoms with Gasteiger partial charge in [0.15, 0.2) is 12.4 Å². The molecule has 9 nitrogen and oxygen atoms in total. The SMILES string of the molecule is Cc1cc(-n2c(C)cc(C(=O)COC(=O)c3ccc(CN4C(=O)CCC4=O)cc3)c2C)no1. The van der Waals surface area contributed by atoms with Crippen molar-refractivity contribution >= 4 is 23.6 Å². The van der Waals surface area contributed by atoms with Crippen molar-refractivity contribution in [2.45, 2.75) is 40.2 Å². The van der Waals surface area contributed by atoms with Gasteiger partial charge in [-0.05, 0) is 44.5 Å². The van der Waals surface area contributed by atoms with E-state index in [0.29, 0.717) is 22.8 Å². The maximum atomic E-state index is 12.7. The molecule has 170 valence electrons. The zero-order valence-electron chi connectivity index (χ0n) is 18.6. The van der Waals surface area contributed by atoms with E-state index in [4.69, 9.17) is 9.26 Å². The van der Waals surface area contributed by atoms with Crippen LogP contribution in [0.5, 0.6) is 0 Å². The third kappa shape index (κ3) is 4.48. The molecule has 4 rings (SSSR count). The molecule has 0 unspecified atom stereocenters. The van der Waals surface area contributed by atoms with E-state index in [1.807, 2.05) is 6.92 Å². The minimum Gasteiger partial charge on any atom is -0.454 e. The largest absolute Gasteiger partial charge is 0.454 e. The Balaban J connectivity index is 1.38. The summed E-state index contributed by atoms with van der Waals surface area (Å²) in [5.41, 5.74) is 2.92. The van der Waals surface area contributed by atoms with Crippen LogP contribution in [0.2, 0.25) is 0 Å². The zero-order valence-corrected chi connectivity index (χ0v) is 18.6. The van der Waals surface area contributed by atoms with Gasteiger partial charge in [-0.3, -0.25) is 23.9 Å². The highest BCUT2D eigenvalue weighted by atomic mass is 16.5. The van der Waals surface area contributed by atoms with Gasteiger partial charge in [0.2, 0.25) is 17.6 Å². The predicted octanol–water partition coefficient (Wildman–Crippen LogP) is 3.08. The summed E-state index contributed by atoms with van der Waals surface area (Å²) in [5, 5.41) is 3.99. The monoisotopic (exact) mass is 449 g/mol. The van der Waals surface area contributed by atoms with Gasteiger partial charge >= 0.3 is 5.97 Å². The molecular formula is C24H23N3O6. The smallest absolute Gasteiger partial charge is 0.338 e. The van der Waals surface area contributed by atoms with Crippen LogP contribution in [0.3, 0.4) is 0 Å². The van der Waals surface area contributed by atoms with Crippen LogP contribution in [-0.2, 0) is 20.9 Å². The van der Waals surface area contributed by atoms with Crippen LogP contribution in [-0.4, -0.2) is 44.8 Å². The number of imide groups is 1. The number of benzene rings is 1. The molecule has 1 aliphatic heterocycles. The molecule has 0 aliphatic carbocycles. The summed E-state index contributed by atoms with van der Waals surface area (Å²) in [7, 11) is 0. The van der Waals surface area contributed by atoms with Crippen LogP contribution in [0.25, 0.3) is 5.82 Å². The minimum atomic E-state index is -0.635. The molecule has 1 aliphatic rings. The van der Waals surface area contributed by atoms with E-state index in [-0.39, 0.29) is 42.5 Å². The number of amides is 2. The summed E-state index contributed by atoms with van der Waals surface area (Å²) in [4.78, 5) is 49.8. The average molecular weight is 449 g/mol. The Bertz CT molecular complexity index is 1240. The van der Waals surface area contributed by atoms with Crippen LogP contribution in [0.4, 0.5) is 0 Å². The van der Waals surface area contributed by atoms with Gasteiger partial charge in [0.1, 0.15) is 5.76 Å². The molecule has 0 saturated carbocycles. The van der Waals surface area contributed by atoms with Crippen molar-refractivity contribution in [2.24, 2.45) is 0 Å². The lowest BCUT2D eigenvalue weighted by molar-refractivity contribution is -0.139. The average Bonchev–Trinajstić information content (AvgIpc) is 3.45. The second kappa shape index (κ2) is 8.85. The second-order valence-electron chi connectivity index (χ2n) is 7.99. The van der Waals surface area contributed by atoms with E-state index < -0.39 is 12.6 Å². The maximum Gasteiger partial charge on any atom is 0.338 e. The molecule has 33 heavy (non-hydrogen) atoms. The Kier molecular flexibility index (Phi) is 5.95. The summed E-state index contributed by atoms with van der Waals surface area (Å²) in [6.07, 6.45) is 0.468. The quantitative estimate of drug-likeness (QED) is 0.310. The number of rotatable bonds is 7. The summed E-state index contributed by atoms with van der Waals surface area (Å²) in [5.74, 6) is -0.116. The third-order valence-electron chi connectivity index (χ3n) is 5.60. The first-order valence-corrected chi connectivity index (χ1v) is 10.5. The molecule has 2 aromatic heterocycles. The predicted molar refractivity (Wildman–Crippen MR) is 116 cm³/mol. The van der Waals surface area contributed by atoms with Crippen molar-refractivity contribution in [2.75, 3.05) is 6.61 Å². The first-order chi connectivity index (χ1) is 15.7. The van der Waals surface area contributed by atoms with Gasteiger partial charge in [0.25, 0.3) is 0 Å². The number of ketones is 1. The number of ether oxygens (including phenoxy) is 1. The number of Topliss-reactive ketones (excluding diaryl/α,β-unsaturated/α-hetero) is 1. The molecule has 3 aromatic rings. The van der Waals surface area contributed by atoms with E-state index in [9.17, 15) is 19.2 Å². The minimum absolute atomic E-state index is 0.173. The number of likely N-dealkylation sites (tertiary alicyclic amines) is 1. The van der Waals surface area contributed by atoms with E-state index in [2.05, 4.69) is 5.16 Å². The van der Waals surface area contributed by atoms with Gasteiger partial charge < -0.3 is 9.26 Å². The topological polar surface area (TPSA) is 112 Å². The highest BCUT2D eigenvalue weighted by Crippen LogP contribution is 2.21. The number of aromatic nitrogens is 2. The number of hydrogen-bond acceptors (Lipinski definition) is 7.